The van der Waals surface area contributed by atoms with Gasteiger partial charge in [0.05, 0.1) is 13.2 Å². The average Bonchev–Trinajstić information content (AvgIpc) is 3.19. The largest absolute Gasteiger partial charge is 0.385 e. The summed E-state index contributed by atoms with van der Waals surface area (Å²) in [5.74, 6) is 0.991. The second-order valence-corrected chi connectivity index (χ2v) is 6.12. The summed E-state index contributed by atoms with van der Waals surface area (Å²) in [6.07, 6.45) is 8.21. The number of hydrogen-bond acceptors (Lipinski definition) is 6. The Hall–Kier alpha value is -0.240. The lowest BCUT2D eigenvalue weighted by molar-refractivity contribution is 0.178. The van der Waals surface area contributed by atoms with Gasteiger partial charge in [-0.05, 0) is 32.9 Å². The van der Waals surface area contributed by atoms with Gasteiger partial charge in [-0.25, -0.2) is 0 Å². The molecule has 1 rings (SSSR count). The van der Waals surface area contributed by atoms with Crippen molar-refractivity contribution in [3.63, 3.8) is 0 Å². The molecule has 0 aromatic carbocycles. The van der Waals surface area contributed by atoms with Crippen LogP contribution in [0.1, 0.15) is 45.4 Å². The molecule has 1 saturated carbocycles. The van der Waals surface area contributed by atoms with E-state index in [1.165, 1.54) is 32.1 Å². The van der Waals surface area contributed by atoms with Gasteiger partial charge in [0.25, 0.3) is 0 Å². The number of nitrogens with one attached hydrogen (secondary N) is 2. The fraction of sp³-hybridized carbons (Fsp3) is 1.00. The number of methoxy groups -OCH3 is 4. The quantitative estimate of drug-likeness (QED) is 0.538. The van der Waals surface area contributed by atoms with E-state index < -0.39 is 0 Å². The molecule has 1 fully saturated rings. The van der Waals surface area contributed by atoms with Crippen LogP contribution in [0.25, 0.3) is 0 Å². The first-order valence-electron chi connectivity index (χ1n) is 9.93. The Bertz CT molecular complexity index is 186. The van der Waals surface area contributed by atoms with E-state index in [0.29, 0.717) is 0 Å². The van der Waals surface area contributed by atoms with Crippen LogP contribution >= 0.6 is 0 Å². The number of likely N-dealkylation sites (N-methyl/N-ethyl adjacent to an activating group) is 2. The Morgan fingerprint density at radius 1 is 0.692 bits per heavy atom. The molecule has 0 saturated heterocycles. The summed E-state index contributed by atoms with van der Waals surface area (Å²) in [7, 11) is 10.7. The first-order valence-corrected chi connectivity index (χ1v) is 9.93. The third-order valence-electron chi connectivity index (χ3n) is 3.73. The summed E-state index contributed by atoms with van der Waals surface area (Å²) >= 11 is 0. The van der Waals surface area contributed by atoms with Crippen molar-refractivity contribution in [3.05, 3.63) is 0 Å². The van der Waals surface area contributed by atoms with Gasteiger partial charge >= 0.3 is 0 Å². The summed E-state index contributed by atoms with van der Waals surface area (Å²) in [6, 6.07) is 0. The van der Waals surface area contributed by atoms with Gasteiger partial charge in [0.1, 0.15) is 0 Å². The van der Waals surface area contributed by atoms with Crippen LogP contribution in [0, 0.1) is 5.92 Å². The monoisotopic (exact) mass is 380 g/mol. The maximum Gasteiger partial charge on any atom is 0.0587 e. The van der Waals surface area contributed by atoms with Crippen LogP contribution in [0.5, 0.6) is 0 Å². The van der Waals surface area contributed by atoms with Crippen molar-refractivity contribution < 1.29 is 18.9 Å². The number of hydrogen-bond donors (Lipinski definition) is 2. The van der Waals surface area contributed by atoms with Crippen molar-refractivity contribution in [3.8, 4) is 0 Å². The van der Waals surface area contributed by atoms with Crippen molar-refractivity contribution in [1.29, 1.82) is 0 Å². The molecule has 0 radical (unpaired) electrons. The van der Waals surface area contributed by atoms with Crippen LogP contribution in [0.2, 0.25) is 0 Å². The predicted molar refractivity (Wildman–Crippen MR) is 112 cm³/mol. The minimum atomic E-state index is 0.802. The van der Waals surface area contributed by atoms with Crippen molar-refractivity contribution in [2.24, 2.45) is 5.92 Å². The second-order valence-electron chi connectivity index (χ2n) is 6.12. The smallest absolute Gasteiger partial charge is 0.0587 e. The van der Waals surface area contributed by atoms with Crippen LogP contribution < -0.4 is 10.6 Å². The zero-order valence-electron chi connectivity index (χ0n) is 18.7. The van der Waals surface area contributed by atoms with E-state index in [2.05, 4.69) is 17.6 Å². The minimum absolute atomic E-state index is 0.802. The molecule has 1 aliphatic carbocycles. The molecule has 0 heterocycles. The minimum Gasteiger partial charge on any atom is -0.385 e. The summed E-state index contributed by atoms with van der Waals surface area (Å²) in [5, 5.41) is 5.89. The molecule has 0 aliphatic heterocycles. The summed E-state index contributed by atoms with van der Waals surface area (Å²) < 4.78 is 19.1. The SMILES string of the molecule is CCCOC.CNCCOC.CNCCOC.COCCC1CCCC1. The first kappa shape index (κ1) is 30.5. The molecule has 1 aliphatic rings. The van der Waals surface area contributed by atoms with Gasteiger partial charge in [0.15, 0.2) is 0 Å². The van der Waals surface area contributed by atoms with E-state index in [-0.39, 0.29) is 0 Å². The van der Waals surface area contributed by atoms with Gasteiger partial charge < -0.3 is 29.6 Å². The highest BCUT2D eigenvalue weighted by Gasteiger charge is 2.13. The normalized spacial score (nSPS) is 13.0. The predicted octanol–water partition coefficient (Wildman–Crippen LogP) is 2.96. The lowest BCUT2D eigenvalue weighted by Gasteiger charge is -2.05. The summed E-state index contributed by atoms with van der Waals surface area (Å²) in [5.41, 5.74) is 0. The molecule has 6 heteroatoms. The maximum absolute atomic E-state index is 5.00. The van der Waals surface area contributed by atoms with Crippen LogP contribution in [0.3, 0.4) is 0 Å². The van der Waals surface area contributed by atoms with Gasteiger partial charge in [0.2, 0.25) is 0 Å². The van der Waals surface area contributed by atoms with Gasteiger partial charge in [-0.1, -0.05) is 32.6 Å². The van der Waals surface area contributed by atoms with Crippen molar-refractivity contribution in [2.45, 2.75) is 45.4 Å². The standard InChI is InChI=1S/C8H16O.2C4H11NO.C4H10O/c1-9-7-6-8-4-2-3-5-8;2*1-5-3-4-6-2;1-3-4-5-2/h8H,2-7H2,1H3;2*5H,3-4H2,1-2H3;3-4H2,1-2H3. The fourth-order valence-corrected chi connectivity index (χ4v) is 2.20. The van der Waals surface area contributed by atoms with Gasteiger partial charge in [-0.15, -0.1) is 0 Å². The van der Waals surface area contributed by atoms with Crippen molar-refractivity contribution >= 4 is 0 Å². The third kappa shape index (κ3) is 35.0. The molecule has 0 unspecified atom stereocenters. The van der Waals surface area contributed by atoms with E-state index >= 15 is 0 Å². The highest BCUT2D eigenvalue weighted by atomic mass is 16.5. The highest BCUT2D eigenvalue weighted by Crippen LogP contribution is 2.27. The third-order valence-corrected chi connectivity index (χ3v) is 3.73. The first-order chi connectivity index (χ1) is 12.7. The lowest BCUT2D eigenvalue weighted by Crippen LogP contribution is -2.12. The maximum atomic E-state index is 5.00. The molecule has 2 N–H and O–H groups in total. The van der Waals surface area contributed by atoms with E-state index in [9.17, 15) is 0 Å². The summed E-state index contributed by atoms with van der Waals surface area (Å²) in [4.78, 5) is 0. The molecule has 0 bridgehead atoms. The van der Waals surface area contributed by atoms with Crippen molar-refractivity contribution in [2.75, 3.05) is 82.1 Å². The van der Waals surface area contributed by atoms with Crippen LogP contribution in [-0.4, -0.2) is 82.1 Å². The van der Waals surface area contributed by atoms with E-state index in [1.807, 2.05) is 14.1 Å². The van der Waals surface area contributed by atoms with E-state index in [0.717, 1.165) is 51.9 Å². The number of ether oxygens (including phenoxy) is 4. The Balaban J connectivity index is -0.000000281. The van der Waals surface area contributed by atoms with Gasteiger partial charge in [-0.3, -0.25) is 0 Å². The lowest BCUT2D eigenvalue weighted by atomic mass is 10.1. The Kier molecular flexibility index (Phi) is 38.0. The van der Waals surface area contributed by atoms with Gasteiger partial charge in [-0.2, -0.15) is 0 Å². The average molecular weight is 381 g/mol. The molecule has 6 nitrogen and oxygen atoms in total. The molecular formula is C20H48N2O4. The van der Waals surface area contributed by atoms with E-state index in [1.54, 1.807) is 28.4 Å². The molecule has 0 aromatic heterocycles. The van der Waals surface area contributed by atoms with E-state index in [4.69, 9.17) is 18.9 Å². The Morgan fingerprint density at radius 2 is 1.12 bits per heavy atom. The molecule has 26 heavy (non-hydrogen) atoms. The van der Waals surface area contributed by atoms with Crippen LogP contribution in [0.15, 0.2) is 0 Å². The molecule has 0 spiro atoms. The zero-order valence-corrected chi connectivity index (χ0v) is 18.7. The molecule has 162 valence electrons. The molecular weight excluding hydrogens is 332 g/mol. The Morgan fingerprint density at radius 3 is 1.35 bits per heavy atom. The molecule has 0 atom stereocenters. The van der Waals surface area contributed by atoms with Crippen LogP contribution in [0.4, 0.5) is 0 Å². The zero-order chi connectivity index (χ0) is 20.3. The highest BCUT2D eigenvalue weighted by molar-refractivity contribution is 4.66. The Labute approximate surface area is 163 Å². The number of rotatable bonds is 11. The van der Waals surface area contributed by atoms with Crippen molar-refractivity contribution in [1.82, 2.24) is 10.6 Å². The van der Waals surface area contributed by atoms with Crippen LogP contribution in [-0.2, 0) is 18.9 Å². The fourth-order valence-electron chi connectivity index (χ4n) is 2.20. The molecule has 0 amide bonds. The second kappa shape index (κ2) is 32.4. The van der Waals surface area contributed by atoms with Gasteiger partial charge in [0, 0.05) is 54.7 Å². The summed E-state index contributed by atoms with van der Waals surface area (Å²) in [6.45, 7) is 7.42. The molecule has 0 aromatic rings. The topological polar surface area (TPSA) is 61.0 Å².